The molecule has 0 spiro atoms. The van der Waals surface area contributed by atoms with Gasteiger partial charge in [-0.05, 0) is 55.8 Å². The summed E-state index contributed by atoms with van der Waals surface area (Å²) in [5.74, 6) is 1.81. The first-order valence-corrected chi connectivity index (χ1v) is 7.44. The molecule has 3 rings (SSSR count). The van der Waals surface area contributed by atoms with Gasteiger partial charge in [0.15, 0.2) is 0 Å². The lowest BCUT2D eigenvalue weighted by Crippen LogP contribution is -2.41. The number of ether oxygens (including phenoxy) is 1. The third-order valence-corrected chi connectivity index (χ3v) is 4.72. The smallest absolute Gasteiger partial charge is 0.121 e. The van der Waals surface area contributed by atoms with Crippen molar-refractivity contribution in [1.82, 2.24) is 4.90 Å². The van der Waals surface area contributed by atoms with Crippen molar-refractivity contribution in [3.63, 3.8) is 0 Å². The molecule has 19 heavy (non-hydrogen) atoms. The Morgan fingerprint density at radius 3 is 2.89 bits per heavy atom. The van der Waals surface area contributed by atoms with Crippen LogP contribution in [0.4, 0.5) is 5.69 Å². The molecule has 3 heteroatoms. The molecule has 2 unspecified atom stereocenters. The molecule has 1 saturated heterocycles. The molecule has 2 N–H and O–H groups in total. The third-order valence-electron chi connectivity index (χ3n) is 4.72. The van der Waals surface area contributed by atoms with E-state index in [1.54, 1.807) is 7.11 Å². The highest BCUT2D eigenvalue weighted by molar-refractivity contribution is 5.47. The van der Waals surface area contributed by atoms with E-state index in [0.29, 0.717) is 0 Å². The van der Waals surface area contributed by atoms with Crippen LogP contribution in [-0.2, 0) is 6.54 Å². The second kappa shape index (κ2) is 5.41. The molecular weight excluding hydrogens is 236 g/mol. The van der Waals surface area contributed by atoms with Crippen LogP contribution in [0.25, 0.3) is 0 Å². The zero-order chi connectivity index (χ0) is 13.2. The maximum atomic E-state index is 5.95. The molecule has 1 aliphatic heterocycles. The Labute approximate surface area is 115 Å². The van der Waals surface area contributed by atoms with Crippen LogP contribution in [0.1, 0.15) is 37.7 Å². The predicted molar refractivity (Wildman–Crippen MR) is 78.2 cm³/mol. The number of hydrogen-bond donors (Lipinski definition) is 1. The minimum Gasteiger partial charge on any atom is -0.497 e. The zero-order valence-corrected chi connectivity index (χ0v) is 11.8. The quantitative estimate of drug-likeness (QED) is 0.849. The molecule has 0 radical (unpaired) electrons. The summed E-state index contributed by atoms with van der Waals surface area (Å²) in [6, 6.07) is 6.90. The van der Waals surface area contributed by atoms with Gasteiger partial charge in [0.05, 0.1) is 7.11 Å². The van der Waals surface area contributed by atoms with Crippen LogP contribution in [0.15, 0.2) is 18.2 Å². The monoisotopic (exact) mass is 260 g/mol. The van der Waals surface area contributed by atoms with Crippen molar-refractivity contribution in [1.29, 1.82) is 0 Å². The molecule has 104 valence electrons. The van der Waals surface area contributed by atoms with Gasteiger partial charge in [0.1, 0.15) is 5.75 Å². The molecule has 2 aliphatic rings. The Hall–Kier alpha value is -1.22. The normalized spacial score (nSPS) is 27.2. The molecule has 2 fully saturated rings. The number of methoxy groups -OCH3 is 1. The van der Waals surface area contributed by atoms with Gasteiger partial charge in [-0.2, -0.15) is 0 Å². The van der Waals surface area contributed by atoms with Gasteiger partial charge in [0.2, 0.25) is 0 Å². The SMILES string of the molecule is COc1cc(N)cc(CN2CCCC3CCCC32)c1. The van der Waals surface area contributed by atoms with Crippen molar-refractivity contribution in [2.24, 2.45) is 5.92 Å². The van der Waals surface area contributed by atoms with Crippen molar-refractivity contribution >= 4 is 5.69 Å². The summed E-state index contributed by atoms with van der Waals surface area (Å²) < 4.78 is 5.31. The lowest BCUT2D eigenvalue weighted by molar-refractivity contribution is 0.106. The summed E-state index contributed by atoms with van der Waals surface area (Å²) in [6.45, 7) is 2.25. The summed E-state index contributed by atoms with van der Waals surface area (Å²) in [4.78, 5) is 2.66. The number of fused-ring (bicyclic) bond motifs is 1. The Balaban J connectivity index is 1.75. The summed E-state index contributed by atoms with van der Waals surface area (Å²) in [7, 11) is 1.70. The first kappa shape index (κ1) is 12.8. The number of likely N-dealkylation sites (tertiary alicyclic amines) is 1. The van der Waals surface area contributed by atoms with Gasteiger partial charge >= 0.3 is 0 Å². The number of benzene rings is 1. The number of hydrogen-bond acceptors (Lipinski definition) is 3. The van der Waals surface area contributed by atoms with Crippen LogP contribution in [0.2, 0.25) is 0 Å². The Bertz CT molecular complexity index is 446. The summed E-state index contributed by atoms with van der Waals surface area (Å²) in [5, 5.41) is 0. The minimum atomic E-state index is 0.800. The van der Waals surface area contributed by atoms with Crippen LogP contribution < -0.4 is 10.5 Å². The van der Waals surface area contributed by atoms with Crippen LogP contribution in [0.3, 0.4) is 0 Å². The van der Waals surface area contributed by atoms with Crippen molar-refractivity contribution in [3.8, 4) is 5.75 Å². The first-order valence-electron chi connectivity index (χ1n) is 7.44. The van der Waals surface area contributed by atoms with Crippen LogP contribution in [0, 0.1) is 5.92 Å². The van der Waals surface area contributed by atoms with Crippen molar-refractivity contribution < 1.29 is 4.74 Å². The molecule has 2 atom stereocenters. The highest BCUT2D eigenvalue weighted by Gasteiger charge is 2.34. The standard InChI is InChI=1S/C16H24N2O/c1-19-15-9-12(8-14(17)10-15)11-18-7-3-5-13-4-2-6-16(13)18/h8-10,13,16H,2-7,11,17H2,1H3. The van der Waals surface area contributed by atoms with E-state index in [-0.39, 0.29) is 0 Å². The van der Waals surface area contributed by atoms with Crippen molar-refractivity contribution in [3.05, 3.63) is 23.8 Å². The van der Waals surface area contributed by atoms with E-state index in [1.807, 2.05) is 6.07 Å². The first-order chi connectivity index (χ1) is 9.26. The minimum absolute atomic E-state index is 0.800. The number of nitrogens with zero attached hydrogens (tertiary/aromatic N) is 1. The maximum Gasteiger partial charge on any atom is 0.121 e. The largest absolute Gasteiger partial charge is 0.497 e. The number of piperidine rings is 1. The molecule has 0 bridgehead atoms. The highest BCUT2D eigenvalue weighted by atomic mass is 16.5. The summed E-state index contributed by atoms with van der Waals surface area (Å²) in [5.41, 5.74) is 8.03. The maximum absolute atomic E-state index is 5.95. The highest BCUT2D eigenvalue weighted by Crippen LogP contribution is 2.37. The van der Waals surface area contributed by atoms with Crippen molar-refractivity contribution in [2.75, 3.05) is 19.4 Å². The molecule has 1 heterocycles. The fourth-order valence-corrected chi connectivity index (χ4v) is 3.88. The van der Waals surface area contributed by atoms with Crippen LogP contribution >= 0.6 is 0 Å². The van der Waals surface area contributed by atoms with Gasteiger partial charge in [0, 0.05) is 24.3 Å². The van der Waals surface area contributed by atoms with E-state index in [4.69, 9.17) is 10.5 Å². The Kier molecular flexibility index (Phi) is 3.65. The summed E-state index contributed by atoms with van der Waals surface area (Å²) >= 11 is 0. The average Bonchev–Trinajstić information content (AvgIpc) is 2.87. The van der Waals surface area contributed by atoms with Gasteiger partial charge < -0.3 is 10.5 Å². The van der Waals surface area contributed by atoms with E-state index in [1.165, 1.54) is 44.2 Å². The van der Waals surface area contributed by atoms with E-state index in [0.717, 1.165) is 29.9 Å². The van der Waals surface area contributed by atoms with E-state index >= 15 is 0 Å². The van der Waals surface area contributed by atoms with Gasteiger partial charge in [0.25, 0.3) is 0 Å². The Morgan fingerprint density at radius 2 is 2.05 bits per heavy atom. The average molecular weight is 260 g/mol. The second-order valence-corrected chi connectivity index (χ2v) is 5.99. The van der Waals surface area contributed by atoms with E-state index < -0.39 is 0 Å². The zero-order valence-electron chi connectivity index (χ0n) is 11.8. The van der Waals surface area contributed by atoms with E-state index in [9.17, 15) is 0 Å². The number of anilines is 1. The number of nitrogen functional groups attached to an aromatic ring is 1. The molecule has 1 aromatic carbocycles. The second-order valence-electron chi connectivity index (χ2n) is 5.99. The predicted octanol–water partition coefficient (Wildman–Crippen LogP) is 3.04. The molecule has 1 aromatic rings. The topological polar surface area (TPSA) is 38.5 Å². The van der Waals surface area contributed by atoms with Gasteiger partial charge in [-0.25, -0.2) is 0 Å². The molecular formula is C16H24N2O. The number of rotatable bonds is 3. The summed E-state index contributed by atoms with van der Waals surface area (Å²) in [6.07, 6.45) is 7.00. The molecule has 0 amide bonds. The fraction of sp³-hybridized carbons (Fsp3) is 0.625. The van der Waals surface area contributed by atoms with Crippen molar-refractivity contribution in [2.45, 2.75) is 44.7 Å². The molecule has 3 nitrogen and oxygen atoms in total. The molecule has 1 saturated carbocycles. The van der Waals surface area contributed by atoms with E-state index in [2.05, 4.69) is 17.0 Å². The number of nitrogens with two attached hydrogens (primary N) is 1. The van der Waals surface area contributed by atoms with Crippen LogP contribution in [-0.4, -0.2) is 24.6 Å². The molecule has 0 aromatic heterocycles. The van der Waals surface area contributed by atoms with Gasteiger partial charge in [-0.1, -0.05) is 6.42 Å². The Morgan fingerprint density at radius 1 is 1.21 bits per heavy atom. The third kappa shape index (κ3) is 2.71. The van der Waals surface area contributed by atoms with Crippen LogP contribution in [0.5, 0.6) is 5.75 Å². The van der Waals surface area contributed by atoms with Gasteiger partial charge in [-0.3, -0.25) is 4.90 Å². The lowest BCUT2D eigenvalue weighted by atomic mass is 9.91. The fourth-order valence-electron chi connectivity index (χ4n) is 3.88. The lowest BCUT2D eigenvalue weighted by Gasteiger charge is -2.37. The van der Waals surface area contributed by atoms with Gasteiger partial charge in [-0.15, -0.1) is 0 Å². The molecule has 1 aliphatic carbocycles.